The number of rotatable bonds is 2. The van der Waals surface area contributed by atoms with Crippen LogP contribution in [0.15, 0.2) is 91.5 Å². The Kier molecular flexibility index (Phi) is 3.01. The van der Waals surface area contributed by atoms with Crippen LogP contribution in [0.3, 0.4) is 0 Å². The van der Waals surface area contributed by atoms with Crippen molar-refractivity contribution in [1.29, 1.82) is 0 Å². The lowest BCUT2D eigenvalue weighted by Gasteiger charge is -2.09. The molecule has 0 saturated heterocycles. The van der Waals surface area contributed by atoms with Gasteiger partial charge in [-0.25, -0.2) is 0 Å². The van der Waals surface area contributed by atoms with Gasteiger partial charge in [-0.05, 0) is 56.4 Å². The van der Waals surface area contributed by atoms with Crippen LogP contribution in [0, 0.1) is 0 Å². The maximum absolute atomic E-state index is 4.26. The van der Waals surface area contributed by atoms with Crippen molar-refractivity contribution in [2.45, 2.75) is 0 Å². The molecule has 0 aliphatic carbocycles. The Hall–Kier alpha value is -2.86. The van der Waals surface area contributed by atoms with Gasteiger partial charge in [0, 0.05) is 0 Å². The van der Waals surface area contributed by atoms with E-state index in [0.717, 1.165) is 5.57 Å². The monoisotopic (exact) mass is 280 g/mol. The third-order valence-corrected chi connectivity index (χ3v) is 4.18. The van der Waals surface area contributed by atoms with Crippen molar-refractivity contribution in [1.82, 2.24) is 0 Å². The first kappa shape index (κ1) is 12.8. The summed E-state index contributed by atoms with van der Waals surface area (Å²) in [6.45, 7) is 4.26. The Balaban J connectivity index is 1.86. The lowest BCUT2D eigenvalue weighted by molar-refractivity contribution is 1.58. The maximum atomic E-state index is 4.26. The van der Waals surface area contributed by atoms with Crippen LogP contribution in [0.25, 0.3) is 27.1 Å². The zero-order valence-corrected chi connectivity index (χ0v) is 12.3. The molecule has 0 fully saturated rings. The molecule has 0 N–H and O–H groups in total. The molecule has 0 radical (unpaired) electrons. The molecule has 0 aliphatic heterocycles. The standard InChI is InChI=1S/C22H16/c1-16(17-7-3-2-4-8-17)18-11-12-21-14-19-9-5-6-10-20(19)15-22(21)13-18/h2-15H,1H2. The Bertz CT molecular complexity index is 978. The maximum Gasteiger partial charge on any atom is -0.0171 e. The average molecular weight is 280 g/mol. The highest BCUT2D eigenvalue weighted by atomic mass is 14.1. The fourth-order valence-electron chi connectivity index (χ4n) is 2.93. The van der Waals surface area contributed by atoms with Gasteiger partial charge in [0.1, 0.15) is 0 Å². The number of hydrogen-bond acceptors (Lipinski definition) is 0. The third kappa shape index (κ3) is 2.19. The molecule has 0 heterocycles. The van der Waals surface area contributed by atoms with Crippen LogP contribution in [0.5, 0.6) is 0 Å². The second kappa shape index (κ2) is 5.16. The van der Waals surface area contributed by atoms with Gasteiger partial charge in [0.25, 0.3) is 0 Å². The Labute approximate surface area is 130 Å². The van der Waals surface area contributed by atoms with E-state index >= 15 is 0 Å². The summed E-state index contributed by atoms with van der Waals surface area (Å²) in [6.07, 6.45) is 0. The van der Waals surface area contributed by atoms with Crippen molar-refractivity contribution in [3.8, 4) is 0 Å². The van der Waals surface area contributed by atoms with E-state index < -0.39 is 0 Å². The molecule has 0 heteroatoms. The largest absolute Gasteiger partial charge is 0.0906 e. The first-order valence-electron chi connectivity index (χ1n) is 7.48. The summed E-state index contributed by atoms with van der Waals surface area (Å²) in [4.78, 5) is 0. The SMILES string of the molecule is C=C(c1ccccc1)c1ccc2cc3ccccc3cc2c1. The second-order valence-electron chi connectivity index (χ2n) is 5.61. The first-order valence-corrected chi connectivity index (χ1v) is 7.48. The predicted octanol–water partition coefficient (Wildman–Crippen LogP) is 6.05. The van der Waals surface area contributed by atoms with Gasteiger partial charge in [0.05, 0.1) is 0 Å². The molecule has 0 unspecified atom stereocenters. The predicted molar refractivity (Wildman–Crippen MR) is 96.0 cm³/mol. The lowest BCUT2D eigenvalue weighted by atomic mass is 9.96. The minimum Gasteiger partial charge on any atom is -0.0906 e. The highest BCUT2D eigenvalue weighted by Crippen LogP contribution is 2.28. The Morgan fingerprint density at radius 3 is 1.82 bits per heavy atom. The van der Waals surface area contributed by atoms with Gasteiger partial charge in [0.15, 0.2) is 0 Å². The van der Waals surface area contributed by atoms with Crippen LogP contribution in [-0.4, -0.2) is 0 Å². The second-order valence-corrected chi connectivity index (χ2v) is 5.61. The summed E-state index contributed by atoms with van der Waals surface area (Å²) >= 11 is 0. The van der Waals surface area contributed by atoms with Gasteiger partial charge in [-0.3, -0.25) is 0 Å². The fraction of sp³-hybridized carbons (Fsp3) is 0. The molecule has 0 amide bonds. The van der Waals surface area contributed by atoms with Gasteiger partial charge >= 0.3 is 0 Å². The molecular formula is C22H16. The number of hydrogen-bond donors (Lipinski definition) is 0. The molecule has 0 bridgehead atoms. The summed E-state index contributed by atoms with van der Waals surface area (Å²) in [5, 5.41) is 5.08. The first-order chi connectivity index (χ1) is 10.8. The average Bonchev–Trinajstić information content (AvgIpc) is 2.59. The summed E-state index contributed by atoms with van der Waals surface area (Å²) in [5.74, 6) is 0. The van der Waals surface area contributed by atoms with Gasteiger partial charge in [0.2, 0.25) is 0 Å². The summed E-state index contributed by atoms with van der Waals surface area (Å²) in [7, 11) is 0. The molecule has 0 saturated carbocycles. The zero-order valence-electron chi connectivity index (χ0n) is 12.3. The molecule has 0 nitrogen and oxygen atoms in total. The molecule has 4 aromatic carbocycles. The Morgan fingerprint density at radius 2 is 1.09 bits per heavy atom. The molecule has 22 heavy (non-hydrogen) atoms. The fourth-order valence-corrected chi connectivity index (χ4v) is 2.93. The minimum atomic E-state index is 1.07. The van der Waals surface area contributed by atoms with E-state index in [1.165, 1.54) is 32.7 Å². The minimum absolute atomic E-state index is 1.07. The van der Waals surface area contributed by atoms with Crippen molar-refractivity contribution in [2.75, 3.05) is 0 Å². The van der Waals surface area contributed by atoms with Crippen molar-refractivity contribution in [3.05, 3.63) is 103 Å². The summed E-state index contributed by atoms with van der Waals surface area (Å²) < 4.78 is 0. The quantitative estimate of drug-likeness (QED) is 0.392. The molecule has 104 valence electrons. The van der Waals surface area contributed by atoms with E-state index in [0.29, 0.717) is 0 Å². The van der Waals surface area contributed by atoms with Crippen molar-refractivity contribution < 1.29 is 0 Å². The van der Waals surface area contributed by atoms with Gasteiger partial charge in [-0.15, -0.1) is 0 Å². The van der Waals surface area contributed by atoms with Crippen molar-refractivity contribution >= 4 is 27.1 Å². The van der Waals surface area contributed by atoms with Crippen LogP contribution in [0.2, 0.25) is 0 Å². The van der Waals surface area contributed by atoms with E-state index in [1.807, 2.05) is 6.07 Å². The van der Waals surface area contributed by atoms with Crippen LogP contribution in [0.1, 0.15) is 11.1 Å². The molecule has 0 spiro atoms. The smallest absolute Gasteiger partial charge is 0.0171 e. The van der Waals surface area contributed by atoms with Crippen molar-refractivity contribution in [2.24, 2.45) is 0 Å². The van der Waals surface area contributed by atoms with Crippen molar-refractivity contribution in [3.63, 3.8) is 0 Å². The molecule has 4 aromatic rings. The zero-order chi connectivity index (χ0) is 14.9. The molecule has 0 aliphatic rings. The van der Waals surface area contributed by atoms with Gasteiger partial charge in [-0.2, -0.15) is 0 Å². The normalized spacial score (nSPS) is 10.9. The molecule has 4 rings (SSSR count). The van der Waals surface area contributed by atoms with Crippen LogP contribution in [0.4, 0.5) is 0 Å². The topological polar surface area (TPSA) is 0 Å². The third-order valence-electron chi connectivity index (χ3n) is 4.18. The number of benzene rings is 4. The van der Waals surface area contributed by atoms with Gasteiger partial charge < -0.3 is 0 Å². The highest BCUT2D eigenvalue weighted by molar-refractivity contribution is 5.99. The summed E-state index contributed by atoms with van der Waals surface area (Å²) in [5.41, 5.74) is 3.41. The highest BCUT2D eigenvalue weighted by Gasteiger charge is 2.04. The van der Waals surface area contributed by atoms with Gasteiger partial charge in [-0.1, -0.05) is 73.3 Å². The van der Waals surface area contributed by atoms with E-state index in [2.05, 4.69) is 85.4 Å². The van der Waals surface area contributed by atoms with Crippen LogP contribution in [-0.2, 0) is 0 Å². The van der Waals surface area contributed by atoms with E-state index in [9.17, 15) is 0 Å². The Morgan fingerprint density at radius 1 is 0.500 bits per heavy atom. The van der Waals surface area contributed by atoms with E-state index in [1.54, 1.807) is 0 Å². The molecule has 0 aromatic heterocycles. The van der Waals surface area contributed by atoms with E-state index in [4.69, 9.17) is 0 Å². The van der Waals surface area contributed by atoms with Crippen LogP contribution >= 0.6 is 0 Å². The number of fused-ring (bicyclic) bond motifs is 2. The molecular weight excluding hydrogens is 264 g/mol. The van der Waals surface area contributed by atoms with Crippen LogP contribution < -0.4 is 0 Å². The summed E-state index contributed by atoms with van der Waals surface area (Å²) in [6, 6.07) is 29.9. The van der Waals surface area contributed by atoms with E-state index in [-0.39, 0.29) is 0 Å². The molecule has 0 atom stereocenters. The lowest BCUT2D eigenvalue weighted by Crippen LogP contribution is -1.86.